The Kier molecular flexibility index (Phi) is 5.67. The molecule has 0 fully saturated rings. The molecule has 0 aliphatic heterocycles. The highest BCUT2D eigenvalue weighted by molar-refractivity contribution is 5.85. The number of para-hydroxylation sites is 1. The van der Waals surface area contributed by atoms with Crippen molar-refractivity contribution in [1.82, 2.24) is 0 Å². The summed E-state index contributed by atoms with van der Waals surface area (Å²) in [6.45, 7) is 6.67. The maximum absolute atomic E-state index is 8.70. The molecule has 0 unspecified atom stereocenters. The van der Waals surface area contributed by atoms with E-state index in [9.17, 15) is 0 Å². The van der Waals surface area contributed by atoms with Gasteiger partial charge in [-0.05, 0) is 30.9 Å². The van der Waals surface area contributed by atoms with Crippen molar-refractivity contribution in [2.45, 2.75) is 40.0 Å². The van der Waals surface area contributed by atoms with E-state index in [4.69, 9.17) is 15.7 Å². The van der Waals surface area contributed by atoms with Gasteiger partial charge in [-0.2, -0.15) is 0 Å². The highest BCUT2D eigenvalue weighted by Gasteiger charge is 2.22. The minimum atomic E-state index is -0.303. The molecule has 0 saturated heterocycles. The van der Waals surface area contributed by atoms with Gasteiger partial charge in [-0.15, -0.1) is 0 Å². The van der Waals surface area contributed by atoms with Crippen molar-refractivity contribution in [1.29, 1.82) is 0 Å². The molecule has 1 aromatic carbocycles. The van der Waals surface area contributed by atoms with Crippen LogP contribution in [0.5, 0.6) is 5.75 Å². The van der Waals surface area contributed by atoms with Gasteiger partial charge in [0, 0.05) is 5.41 Å². The van der Waals surface area contributed by atoms with Crippen molar-refractivity contribution in [3.63, 3.8) is 0 Å². The molecule has 0 heterocycles. The Morgan fingerprint density at radius 3 is 2.68 bits per heavy atom. The lowest BCUT2D eigenvalue weighted by atomic mass is 9.87. The Labute approximate surface area is 115 Å². The van der Waals surface area contributed by atoms with Crippen molar-refractivity contribution in [2.24, 2.45) is 16.3 Å². The maximum atomic E-state index is 8.70. The van der Waals surface area contributed by atoms with Crippen LogP contribution in [0.4, 0.5) is 0 Å². The topological polar surface area (TPSA) is 67.8 Å². The van der Waals surface area contributed by atoms with E-state index >= 15 is 0 Å². The lowest BCUT2D eigenvalue weighted by Gasteiger charge is -2.22. The van der Waals surface area contributed by atoms with Gasteiger partial charge in [0.25, 0.3) is 0 Å². The first-order valence-electron chi connectivity index (χ1n) is 6.70. The molecule has 0 aromatic heterocycles. The molecule has 0 amide bonds. The smallest absolute Gasteiger partial charge is 0.144 e. The van der Waals surface area contributed by atoms with Crippen molar-refractivity contribution >= 4 is 5.84 Å². The van der Waals surface area contributed by atoms with E-state index < -0.39 is 0 Å². The Balaban J connectivity index is 2.43. The summed E-state index contributed by atoms with van der Waals surface area (Å²) in [6.07, 6.45) is 2.64. The second-order valence-electron chi connectivity index (χ2n) is 5.28. The summed E-state index contributed by atoms with van der Waals surface area (Å²) in [6, 6.07) is 8.07. The maximum Gasteiger partial charge on any atom is 0.144 e. The zero-order valence-corrected chi connectivity index (χ0v) is 12.0. The molecule has 0 spiro atoms. The number of oxime groups is 1. The normalized spacial score (nSPS) is 12.5. The van der Waals surface area contributed by atoms with Crippen LogP contribution in [0.25, 0.3) is 0 Å². The molecule has 0 radical (unpaired) electrons. The SMILES string of the molecule is CCc1ccccc1OCCCC(C)(C)C(N)=NO. The van der Waals surface area contributed by atoms with Gasteiger partial charge >= 0.3 is 0 Å². The molecule has 4 nitrogen and oxygen atoms in total. The number of aryl methyl sites for hydroxylation is 1. The third-order valence-electron chi connectivity index (χ3n) is 3.36. The summed E-state index contributed by atoms with van der Waals surface area (Å²) in [4.78, 5) is 0. The Bertz CT molecular complexity index is 428. The van der Waals surface area contributed by atoms with Crippen LogP contribution in [-0.2, 0) is 6.42 Å². The van der Waals surface area contributed by atoms with E-state index in [-0.39, 0.29) is 11.3 Å². The number of hydrogen-bond donors (Lipinski definition) is 2. The third kappa shape index (κ3) is 4.47. The van der Waals surface area contributed by atoms with Crippen LogP contribution in [0.15, 0.2) is 29.4 Å². The summed E-state index contributed by atoms with van der Waals surface area (Å²) >= 11 is 0. The average Bonchev–Trinajstić information content (AvgIpc) is 2.43. The minimum Gasteiger partial charge on any atom is -0.493 e. The van der Waals surface area contributed by atoms with Crippen LogP contribution in [-0.4, -0.2) is 17.6 Å². The molecule has 0 saturated carbocycles. The molecule has 106 valence electrons. The molecule has 3 N–H and O–H groups in total. The highest BCUT2D eigenvalue weighted by atomic mass is 16.5. The van der Waals surface area contributed by atoms with E-state index in [1.807, 2.05) is 32.0 Å². The third-order valence-corrected chi connectivity index (χ3v) is 3.36. The zero-order valence-electron chi connectivity index (χ0n) is 12.0. The number of amidine groups is 1. The second kappa shape index (κ2) is 7.02. The molecular formula is C15H24N2O2. The fraction of sp³-hybridized carbons (Fsp3) is 0.533. The van der Waals surface area contributed by atoms with Gasteiger partial charge in [-0.1, -0.05) is 44.1 Å². The fourth-order valence-electron chi connectivity index (χ4n) is 1.90. The van der Waals surface area contributed by atoms with Crippen LogP contribution in [0.3, 0.4) is 0 Å². The lowest BCUT2D eigenvalue weighted by molar-refractivity contribution is 0.276. The average molecular weight is 264 g/mol. The molecule has 0 atom stereocenters. The van der Waals surface area contributed by atoms with Crippen LogP contribution < -0.4 is 10.5 Å². The second-order valence-corrected chi connectivity index (χ2v) is 5.28. The molecule has 4 heteroatoms. The van der Waals surface area contributed by atoms with Crippen LogP contribution in [0.2, 0.25) is 0 Å². The van der Waals surface area contributed by atoms with Gasteiger partial charge < -0.3 is 15.7 Å². The minimum absolute atomic E-state index is 0.265. The molecular weight excluding hydrogens is 240 g/mol. The molecule has 0 aliphatic rings. The van der Waals surface area contributed by atoms with Crippen molar-refractivity contribution < 1.29 is 9.94 Å². The van der Waals surface area contributed by atoms with E-state index in [1.165, 1.54) is 5.56 Å². The summed E-state index contributed by atoms with van der Waals surface area (Å²) in [5.41, 5.74) is 6.57. The van der Waals surface area contributed by atoms with E-state index in [2.05, 4.69) is 18.1 Å². The van der Waals surface area contributed by atoms with E-state index in [1.54, 1.807) is 0 Å². The summed E-state index contributed by atoms with van der Waals surface area (Å²) in [5, 5.41) is 11.8. The van der Waals surface area contributed by atoms with E-state index in [0.717, 1.165) is 25.0 Å². The number of benzene rings is 1. The summed E-state index contributed by atoms with van der Waals surface area (Å²) in [5.74, 6) is 1.22. The van der Waals surface area contributed by atoms with E-state index in [0.29, 0.717) is 6.61 Å². The first-order valence-corrected chi connectivity index (χ1v) is 6.70. The largest absolute Gasteiger partial charge is 0.493 e. The molecule has 1 rings (SSSR count). The van der Waals surface area contributed by atoms with Crippen LogP contribution in [0, 0.1) is 5.41 Å². The van der Waals surface area contributed by atoms with Crippen LogP contribution >= 0.6 is 0 Å². The Morgan fingerprint density at radius 1 is 1.37 bits per heavy atom. The zero-order chi connectivity index (χ0) is 14.3. The van der Waals surface area contributed by atoms with Crippen LogP contribution in [0.1, 0.15) is 39.2 Å². The molecule has 19 heavy (non-hydrogen) atoms. The molecule has 0 bridgehead atoms. The number of nitrogens with two attached hydrogens (primary N) is 1. The Hall–Kier alpha value is -1.71. The molecule has 1 aromatic rings. The van der Waals surface area contributed by atoms with Gasteiger partial charge in [-0.3, -0.25) is 0 Å². The van der Waals surface area contributed by atoms with Gasteiger partial charge in [0.1, 0.15) is 11.6 Å². The standard InChI is InChI=1S/C15H24N2O2/c1-4-12-8-5-6-9-13(12)19-11-7-10-15(2,3)14(16)17-18/h5-6,8-9,18H,4,7,10-11H2,1-3H3,(H2,16,17). The van der Waals surface area contributed by atoms with Gasteiger partial charge in [-0.25, -0.2) is 0 Å². The first-order chi connectivity index (χ1) is 9.01. The highest BCUT2D eigenvalue weighted by Crippen LogP contribution is 2.23. The number of hydrogen-bond acceptors (Lipinski definition) is 3. The monoisotopic (exact) mass is 264 g/mol. The van der Waals surface area contributed by atoms with Crippen molar-refractivity contribution in [2.75, 3.05) is 6.61 Å². The van der Waals surface area contributed by atoms with Gasteiger partial charge in [0.05, 0.1) is 6.61 Å². The van der Waals surface area contributed by atoms with Gasteiger partial charge in [0.2, 0.25) is 0 Å². The van der Waals surface area contributed by atoms with Crippen molar-refractivity contribution in [3.05, 3.63) is 29.8 Å². The summed E-state index contributed by atoms with van der Waals surface area (Å²) < 4.78 is 5.79. The van der Waals surface area contributed by atoms with Gasteiger partial charge in [0.15, 0.2) is 0 Å². The van der Waals surface area contributed by atoms with Crippen molar-refractivity contribution in [3.8, 4) is 5.75 Å². The Morgan fingerprint density at radius 2 is 2.05 bits per heavy atom. The quantitative estimate of drug-likeness (QED) is 0.261. The number of ether oxygens (including phenoxy) is 1. The summed E-state index contributed by atoms with van der Waals surface area (Å²) in [7, 11) is 0. The predicted octanol–water partition coefficient (Wildman–Crippen LogP) is 3.18. The lowest BCUT2D eigenvalue weighted by Crippen LogP contribution is -2.32. The molecule has 0 aliphatic carbocycles. The number of nitrogens with zero attached hydrogens (tertiary/aromatic N) is 1. The fourth-order valence-corrected chi connectivity index (χ4v) is 1.90. The first kappa shape index (κ1) is 15.3. The predicted molar refractivity (Wildman–Crippen MR) is 77.7 cm³/mol. The number of rotatable bonds is 7.